The van der Waals surface area contributed by atoms with E-state index in [-0.39, 0.29) is 19.7 Å². The van der Waals surface area contributed by atoms with Crippen LogP contribution in [-0.2, 0) is 14.8 Å². The van der Waals surface area contributed by atoms with Gasteiger partial charge in [0, 0.05) is 19.7 Å². The molecule has 0 aromatic rings. The second-order valence-corrected chi connectivity index (χ2v) is 5.35. The van der Waals surface area contributed by atoms with Crippen molar-refractivity contribution in [2.45, 2.75) is 25.5 Å². The Morgan fingerprint density at radius 1 is 1.47 bits per heavy atom. The normalized spacial score (nSPS) is 14.1. The van der Waals surface area contributed by atoms with Gasteiger partial charge in [-0.15, -0.1) is 0 Å². The van der Waals surface area contributed by atoms with Gasteiger partial charge in [-0.1, -0.05) is 6.92 Å². The van der Waals surface area contributed by atoms with Gasteiger partial charge in [-0.3, -0.25) is 4.79 Å². The highest BCUT2D eigenvalue weighted by molar-refractivity contribution is 7.90. The fraction of sp³-hybridized carbons (Fsp3) is 0.875. The van der Waals surface area contributed by atoms with Crippen molar-refractivity contribution in [1.82, 2.24) is 4.31 Å². The van der Waals surface area contributed by atoms with Crippen LogP contribution in [-0.4, -0.2) is 53.9 Å². The second kappa shape index (κ2) is 6.04. The molecule has 0 radical (unpaired) electrons. The molecule has 0 spiro atoms. The summed E-state index contributed by atoms with van der Waals surface area (Å²) in [7, 11) is -3.80. The Balaban J connectivity index is 4.73. The molecule has 0 aliphatic carbocycles. The molecule has 0 saturated heterocycles. The van der Waals surface area contributed by atoms with Crippen molar-refractivity contribution < 1.29 is 23.4 Å². The minimum atomic E-state index is -3.80. The molecule has 6 nitrogen and oxygen atoms in total. The molecule has 90 valence electrons. The van der Waals surface area contributed by atoms with E-state index in [1.54, 1.807) is 6.92 Å². The van der Waals surface area contributed by atoms with E-state index in [4.69, 9.17) is 10.2 Å². The first-order chi connectivity index (χ1) is 6.87. The van der Waals surface area contributed by atoms with E-state index in [1.807, 2.05) is 0 Å². The van der Waals surface area contributed by atoms with Gasteiger partial charge in [0.05, 0.1) is 0 Å². The lowest BCUT2D eigenvalue weighted by molar-refractivity contribution is -0.136. The summed E-state index contributed by atoms with van der Waals surface area (Å²) in [5.41, 5.74) is 0. The molecular weight excluding hydrogens is 222 g/mol. The standard InChI is InChI=1S/C8H17NO5S/c1-3-9(5-4-6-10)15(13,14)7(2)8(11)12/h7,10H,3-6H2,1-2H3,(H,11,12). The minimum absolute atomic E-state index is 0.118. The van der Waals surface area contributed by atoms with Crippen molar-refractivity contribution in [2.24, 2.45) is 0 Å². The van der Waals surface area contributed by atoms with Gasteiger partial charge < -0.3 is 10.2 Å². The Morgan fingerprint density at radius 2 is 2.00 bits per heavy atom. The van der Waals surface area contributed by atoms with Crippen LogP contribution in [0, 0.1) is 0 Å². The summed E-state index contributed by atoms with van der Waals surface area (Å²) < 4.78 is 24.4. The first-order valence-electron chi connectivity index (χ1n) is 4.70. The van der Waals surface area contributed by atoms with E-state index in [0.717, 1.165) is 11.2 Å². The van der Waals surface area contributed by atoms with Gasteiger partial charge in [0.2, 0.25) is 10.0 Å². The predicted octanol–water partition coefficient (Wildman–Crippen LogP) is -0.506. The number of nitrogens with zero attached hydrogens (tertiary/aromatic N) is 1. The van der Waals surface area contributed by atoms with Gasteiger partial charge >= 0.3 is 5.97 Å². The van der Waals surface area contributed by atoms with Gasteiger partial charge in [0.1, 0.15) is 0 Å². The number of carboxylic acid groups (broad SMARTS) is 1. The SMILES string of the molecule is CCN(CCCO)S(=O)(=O)C(C)C(=O)O. The summed E-state index contributed by atoms with van der Waals surface area (Å²) in [5, 5.41) is 15.8. The molecule has 0 aliphatic rings. The van der Waals surface area contributed by atoms with Crippen molar-refractivity contribution in [3.63, 3.8) is 0 Å². The molecule has 0 bridgehead atoms. The smallest absolute Gasteiger partial charge is 0.323 e. The van der Waals surface area contributed by atoms with Gasteiger partial charge in [0.25, 0.3) is 0 Å². The lowest BCUT2D eigenvalue weighted by Gasteiger charge is -2.22. The van der Waals surface area contributed by atoms with E-state index < -0.39 is 21.2 Å². The molecule has 0 aliphatic heterocycles. The molecule has 0 aromatic carbocycles. The van der Waals surface area contributed by atoms with E-state index in [0.29, 0.717) is 6.42 Å². The molecule has 1 atom stereocenters. The highest BCUT2D eigenvalue weighted by atomic mass is 32.2. The predicted molar refractivity (Wildman–Crippen MR) is 55.0 cm³/mol. The van der Waals surface area contributed by atoms with Crippen molar-refractivity contribution in [2.75, 3.05) is 19.7 Å². The Labute approximate surface area is 89.6 Å². The molecule has 0 amide bonds. The number of hydrogen-bond donors (Lipinski definition) is 2. The monoisotopic (exact) mass is 239 g/mol. The van der Waals surface area contributed by atoms with E-state index in [1.165, 1.54) is 0 Å². The van der Waals surface area contributed by atoms with Crippen LogP contribution in [0.3, 0.4) is 0 Å². The van der Waals surface area contributed by atoms with Crippen molar-refractivity contribution >= 4 is 16.0 Å². The fourth-order valence-electron chi connectivity index (χ4n) is 1.06. The Morgan fingerprint density at radius 3 is 2.33 bits per heavy atom. The van der Waals surface area contributed by atoms with Crippen LogP contribution in [0.4, 0.5) is 0 Å². The first kappa shape index (κ1) is 14.3. The van der Waals surface area contributed by atoms with E-state index in [9.17, 15) is 13.2 Å². The fourth-order valence-corrected chi connectivity index (χ4v) is 2.51. The van der Waals surface area contributed by atoms with Gasteiger partial charge in [0.15, 0.2) is 5.25 Å². The minimum Gasteiger partial charge on any atom is -0.480 e. The number of sulfonamides is 1. The zero-order valence-electron chi connectivity index (χ0n) is 8.88. The third-order valence-electron chi connectivity index (χ3n) is 2.07. The molecule has 0 fully saturated rings. The molecule has 0 saturated carbocycles. The van der Waals surface area contributed by atoms with Crippen molar-refractivity contribution in [3.8, 4) is 0 Å². The van der Waals surface area contributed by atoms with Crippen LogP contribution >= 0.6 is 0 Å². The number of carboxylic acids is 1. The maximum atomic E-state index is 11.7. The number of hydrogen-bond acceptors (Lipinski definition) is 4. The average Bonchev–Trinajstić information content (AvgIpc) is 2.17. The molecule has 2 N–H and O–H groups in total. The van der Waals surface area contributed by atoms with Crippen LogP contribution in [0.25, 0.3) is 0 Å². The van der Waals surface area contributed by atoms with Gasteiger partial charge in [-0.05, 0) is 13.3 Å². The molecule has 0 heterocycles. The number of aliphatic hydroxyl groups is 1. The quantitative estimate of drug-likeness (QED) is 0.624. The molecule has 0 aromatic heterocycles. The lowest BCUT2D eigenvalue weighted by Crippen LogP contribution is -2.41. The summed E-state index contributed by atoms with van der Waals surface area (Å²) in [4.78, 5) is 10.6. The second-order valence-electron chi connectivity index (χ2n) is 3.09. The Hall–Kier alpha value is -0.660. The lowest BCUT2D eigenvalue weighted by atomic mass is 10.4. The van der Waals surface area contributed by atoms with Crippen LogP contribution in [0.15, 0.2) is 0 Å². The summed E-state index contributed by atoms with van der Waals surface area (Å²) in [5.74, 6) is -1.36. The van der Waals surface area contributed by atoms with Gasteiger partial charge in [-0.25, -0.2) is 12.7 Å². The zero-order valence-corrected chi connectivity index (χ0v) is 9.70. The molecule has 15 heavy (non-hydrogen) atoms. The zero-order chi connectivity index (χ0) is 12.1. The number of aliphatic hydroxyl groups excluding tert-OH is 1. The van der Waals surface area contributed by atoms with E-state index >= 15 is 0 Å². The number of rotatable bonds is 7. The van der Waals surface area contributed by atoms with Crippen LogP contribution < -0.4 is 0 Å². The van der Waals surface area contributed by atoms with Crippen LogP contribution in [0.2, 0.25) is 0 Å². The molecule has 7 heteroatoms. The van der Waals surface area contributed by atoms with Crippen LogP contribution in [0.5, 0.6) is 0 Å². The maximum absolute atomic E-state index is 11.7. The number of carbonyl (C=O) groups is 1. The van der Waals surface area contributed by atoms with E-state index in [2.05, 4.69) is 0 Å². The summed E-state index contributed by atoms with van der Waals surface area (Å²) in [6, 6.07) is 0. The Bertz CT molecular complexity index is 300. The summed E-state index contributed by atoms with van der Waals surface area (Å²) in [6.45, 7) is 3.00. The number of aliphatic carboxylic acids is 1. The summed E-state index contributed by atoms with van der Waals surface area (Å²) >= 11 is 0. The average molecular weight is 239 g/mol. The highest BCUT2D eigenvalue weighted by Crippen LogP contribution is 2.09. The maximum Gasteiger partial charge on any atom is 0.323 e. The van der Waals surface area contributed by atoms with Crippen molar-refractivity contribution in [1.29, 1.82) is 0 Å². The largest absolute Gasteiger partial charge is 0.480 e. The topological polar surface area (TPSA) is 94.9 Å². The molecular formula is C8H17NO5S. The summed E-state index contributed by atoms with van der Waals surface area (Å²) in [6.07, 6.45) is 0.305. The molecule has 0 rings (SSSR count). The third kappa shape index (κ3) is 3.77. The van der Waals surface area contributed by atoms with Crippen LogP contribution in [0.1, 0.15) is 20.3 Å². The Kier molecular flexibility index (Phi) is 5.77. The molecule has 1 unspecified atom stereocenters. The highest BCUT2D eigenvalue weighted by Gasteiger charge is 2.32. The third-order valence-corrected chi connectivity index (χ3v) is 4.33. The first-order valence-corrected chi connectivity index (χ1v) is 6.20. The van der Waals surface area contributed by atoms with Crippen molar-refractivity contribution in [3.05, 3.63) is 0 Å². The van der Waals surface area contributed by atoms with Gasteiger partial charge in [-0.2, -0.15) is 0 Å².